The largest absolute Gasteiger partial charge is 0.367 e. The maximum atomic E-state index is 5.73. The molecule has 1 atom stereocenters. The van der Waals surface area contributed by atoms with E-state index < -0.39 is 0 Å². The summed E-state index contributed by atoms with van der Waals surface area (Å²) in [4.78, 5) is 10.9. The number of nitrogens with two attached hydrogens (primary N) is 1. The van der Waals surface area contributed by atoms with Crippen LogP contribution < -0.4 is 5.73 Å². The minimum atomic E-state index is -0.132. The van der Waals surface area contributed by atoms with E-state index in [-0.39, 0.29) is 6.10 Å². The number of likely N-dealkylation sites (N-methyl/N-ethyl adjacent to an activating group) is 1. The molecule has 7 heteroatoms. The molecular weight excluding hydrogens is 270 g/mol. The van der Waals surface area contributed by atoms with Crippen molar-refractivity contribution < 1.29 is 9.26 Å². The van der Waals surface area contributed by atoms with Crippen molar-refractivity contribution in [3.63, 3.8) is 0 Å². The molecule has 0 aliphatic carbocycles. The average Bonchev–Trinajstić information content (AvgIpc) is 3.05. The highest BCUT2D eigenvalue weighted by molar-refractivity contribution is 5.52. The van der Waals surface area contributed by atoms with Crippen LogP contribution in [0, 0.1) is 0 Å². The van der Waals surface area contributed by atoms with E-state index in [1.54, 1.807) is 6.20 Å². The first-order chi connectivity index (χ1) is 10.3. The third kappa shape index (κ3) is 3.10. The topological polar surface area (TPSA) is 90.3 Å². The molecule has 3 rings (SSSR count). The van der Waals surface area contributed by atoms with Gasteiger partial charge >= 0.3 is 0 Å². The summed E-state index contributed by atoms with van der Waals surface area (Å²) in [6.45, 7) is 5.94. The predicted octanol–water partition coefficient (Wildman–Crippen LogP) is 0.983. The van der Waals surface area contributed by atoms with Crippen LogP contribution in [-0.4, -0.2) is 46.3 Å². The lowest BCUT2D eigenvalue weighted by molar-refractivity contribution is -0.0334. The Hall–Kier alpha value is -1.83. The van der Waals surface area contributed by atoms with Crippen LogP contribution in [0.1, 0.15) is 24.5 Å². The molecule has 7 nitrogen and oxygen atoms in total. The molecule has 0 spiro atoms. The van der Waals surface area contributed by atoms with Crippen molar-refractivity contribution >= 4 is 0 Å². The fourth-order valence-corrected chi connectivity index (χ4v) is 2.35. The van der Waals surface area contributed by atoms with E-state index in [4.69, 9.17) is 15.0 Å². The third-order valence-electron chi connectivity index (χ3n) is 3.60. The highest BCUT2D eigenvalue weighted by Gasteiger charge is 2.25. The number of ether oxygens (including phenoxy) is 1. The Balaban J connectivity index is 1.79. The average molecular weight is 289 g/mol. The van der Waals surface area contributed by atoms with Crippen molar-refractivity contribution in [2.75, 3.05) is 26.2 Å². The Kier molecular flexibility index (Phi) is 4.23. The van der Waals surface area contributed by atoms with Gasteiger partial charge in [-0.25, -0.2) is 0 Å². The number of rotatable bonds is 4. The summed E-state index contributed by atoms with van der Waals surface area (Å²) in [5.41, 5.74) is 7.21. The van der Waals surface area contributed by atoms with Gasteiger partial charge in [0, 0.05) is 31.4 Å². The molecule has 1 unspecified atom stereocenters. The van der Waals surface area contributed by atoms with Crippen LogP contribution in [0.2, 0.25) is 0 Å². The lowest BCUT2D eigenvalue weighted by atomic mass is 10.2. The Morgan fingerprint density at radius 3 is 3.19 bits per heavy atom. The molecule has 1 fully saturated rings. The van der Waals surface area contributed by atoms with E-state index in [0.717, 1.165) is 30.9 Å². The van der Waals surface area contributed by atoms with Crippen molar-refractivity contribution in [1.82, 2.24) is 20.0 Å². The maximum Gasteiger partial charge on any atom is 0.258 e. The lowest BCUT2D eigenvalue weighted by Crippen LogP contribution is -2.38. The highest BCUT2D eigenvalue weighted by Crippen LogP contribution is 2.23. The quantitative estimate of drug-likeness (QED) is 0.897. The maximum absolute atomic E-state index is 5.73. The van der Waals surface area contributed by atoms with Crippen LogP contribution in [-0.2, 0) is 11.3 Å². The fraction of sp³-hybridized carbons (Fsp3) is 0.500. The van der Waals surface area contributed by atoms with Crippen LogP contribution in [0.4, 0.5) is 0 Å². The Morgan fingerprint density at radius 1 is 1.48 bits per heavy atom. The number of pyridine rings is 1. The van der Waals surface area contributed by atoms with Gasteiger partial charge in [0.2, 0.25) is 5.82 Å². The molecule has 2 N–H and O–H groups in total. The van der Waals surface area contributed by atoms with Gasteiger partial charge in [-0.15, -0.1) is 0 Å². The molecule has 1 aliphatic heterocycles. The normalized spacial score (nSPS) is 19.8. The van der Waals surface area contributed by atoms with Crippen LogP contribution in [0.5, 0.6) is 0 Å². The molecule has 2 aromatic heterocycles. The first-order valence-electron chi connectivity index (χ1n) is 7.13. The third-order valence-corrected chi connectivity index (χ3v) is 3.60. The van der Waals surface area contributed by atoms with Crippen LogP contribution in [0.25, 0.3) is 11.5 Å². The molecule has 0 radical (unpaired) electrons. The number of nitrogens with zero attached hydrogens (tertiary/aromatic N) is 4. The minimum absolute atomic E-state index is 0.132. The van der Waals surface area contributed by atoms with Gasteiger partial charge in [0.25, 0.3) is 5.89 Å². The molecule has 3 heterocycles. The molecular formula is C14H19N5O2. The Labute approximate surface area is 123 Å². The second-order valence-corrected chi connectivity index (χ2v) is 4.95. The summed E-state index contributed by atoms with van der Waals surface area (Å²) in [6, 6.07) is 3.69. The lowest BCUT2D eigenvalue weighted by Gasteiger charge is -2.30. The van der Waals surface area contributed by atoms with Gasteiger partial charge in [-0.3, -0.25) is 9.88 Å². The van der Waals surface area contributed by atoms with Crippen LogP contribution in [0.3, 0.4) is 0 Å². The number of hydrogen-bond donors (Lipinski definition) is 1. The van der Waals surface area contributed by atoms with Crippen LogP contribution in [0.15, 0.2) is 22.9 Å². The van der Waals surface area contributed by atoms with Gasteiger partial charge in [0.1, 0.15) is 6.10 Å². The molecule has 0 aromatic carbocycles. The van der Waals surface area contributed by atoms with Gasteiger partial charge < -0.3 is 15.0 Å². The molecule has 0 saturated carbocycles. The molecule has 2 aromatic rings. The fourth-order valence-electron chi connectivity index (χ4n) is 2.35. The van der Waals surface area contributed by atoms with Crippen molar-refractivity contribution in [3.05, 3.63) is 29.8 Å². The molecule has 21 heavy (non-hydrogen) atoms. The van der Waals surface area contributed by atoms with E-state index >= 15 is 0 Å². The van der Waals surface area contributed by atoms with Gasteiger partial charge in [0.05, 0.1) is 12.3 Å². The van der Waals surface area contributed by atoms with E-state index in [2.05, 4.69) is 26.9 Å². The van der Waals surface area contributed by atoms with E-state index in [1.165, 1.54) is 0 Å². The SMILES string of the molecule is CCN1CCOC(c2noc(-c3ccnc(CN)c3)n2)C1. The molecule has 112 valence electrons. The second-order valence-electron chi connectivity index (χ2n) is 4.95. The highest BCUT2D eigenvalue weighted by atomic mass is 16.5. The summed E-state index contributed by atoms with van der Waals surface area (Å²) in [6.07, 6.45) is 1.56. The van der Waals surface area contributed by atoms with Crippen molar-refractivity contribution in [2.24, 2.45) is 5.73 Å². The smallest absolute Gasteiger partial charge is 0.258 e. The first-order valence-corrected chi connectivity index (χ1v) is 7.13. The van der Waals surface area contributed by atoms with Crippen LogP contribution >= 0.6 is 0 Å². The van der Waals surface area contributed by atoms with E-state index in [1.807, 2.05) is 12.1 Å². The minimum Gasteiger partial charge on any atom is -0.367 e. The Morgan fingerprint density at radius 2 is 2.38 bits per heavy atom. The molecule has 1 aliphatic rings. The van der Waals surface area contributed by atoms with Crippen molar-refractivity contribution in [2.45, 2.75) is 19.6 Å². The standard InChI is InChI=1S/C14H19N5O2/c1-2-19-5-6-20-12(9-19)13-17-14(21-18-13)10-3-4-16-11(7-10)8-15/h3-4,7,12H,2,5-6,8-9,15H2,1H3. The monoisotopic (exact) mass is 289 g/mol. The zero-order chi connectivity index (χ0) is 14.7. The number of aromatic nitrogens is 3. The molecule has 0 amide bonds. The summed E-state index contributed by atoms with van der Waals surface area (Å²) in [5.74, 6) is 1.06. The second kappa shape index (κ2) is 6.30. The summed E-state index contributed by atoms with van der Waals surface area (Å²) >= 11 is 0. The first kappa shape index (κ1) is 14.1. The Bertz CT molecular complexity index is 601. The summed E-state index contributed by atoms with van der Waals surface area (Å²) in [5, 5.41) is 4.05. The summed E-state index contributed by atoms with van der Waals surface area (Å²) in [7, 11) is 0. The van der Waals surface area contributed by atoms with Gasteiger partial charge in [-0.05, 0) is 18.7 Å². The van der Waals surface area contributed by atoms with Crippen molar-refractivity contribution in [1.29, 1.82) is 0 Å². The predicted molar refractivity (Wildman–Crippen MR) is 76.2 cm³/mol. The number of hydrogen-bond acceptors (Lipinski definition) is 7. The van der Waals surface area contributed by atoms with Gasteiger partial charge in [-0.1, -0.05) is 12.1 Å². The summed E-state index contributed by atoms with van der Waals surface area (Å²) < 4.78 is 11.1. The zero-order valence-corrected chi connectivity index (χ0v) is 12.0. The van der Waals surface area contributed by atoms with E-state index in [0.29, 0.717) is 24.9 Å². The van der Waals surface area contributed by atoms with E-state index in [9.17, 15) is 0 Å². The van der Waals surface area contributed by atoms with Gasteiger partial charge in [-0.2, -0.15) is 4.98 Å². The molecule has 0 bridgehead atoms. The zero-order valence-electron chi connectivity index (χ0n) is 12.0. The number of morpholine rings is 1. The van der Waals surface area contributed by atoms with Crippen molar-refractivity contribution in [3.8, 4) is 11.5 Å². The molecule has 1 saturated heterocycles. The van der Waals surface area contributed by atoms with Gasteiger partial charge in [0.15, 0.2) is 0 Å².